The van der Waals surface area contributed by atoms with E-state index in [-0.39, 0.29) is 21.5 Å². The SMILES string of the molecule is CC1=NCC(C)N1CCN(CCCCCCCCN(CCn1c(C)cnc1C)CCn1c([N+](=O)[O-])cnc1C)CCn1c([N+](=O)[O-])cnc1C. The molecule has 0 amide bonds. The minimum atomic E-state index is -0.363. The van der Waals surface area contributed by atoms with Gasteiger partial charge in [0.15, 0.2) is 11.6 Å². The van der Waals surface area contributed by atoms with Crippen LogP contribution in [-0.2, 0) is 19.6 Å². The van der Waals surface area contributed by atoms with E-state index in [0.29, 0.717) is 37.3 Å². The lowest BCUT2D eigenvalue weighted by Gasteiger charge is -2.28. The van der Waals surface area contributed by atoms with Gasteiger partial charge in [-0.3, -0.25) is 14.8 Å². The van der Waals surface area contributed by atoms with E-state index in [1.807, 2.05) is 27.0 Å². The number of hydrogen-bond donors (Lipinski definition) is 0. The molecular weight excluding hydrogens is 640 g/mol. The van der Waals surface area contributed by atoms with Gasteiger partial charge in [0, 0.05) is 71.0 Å². The molecule has 3 aromatic heterocycles. The number of unbranched alkanes of at least 4 members (excludes halogenated alkanes) is 5. The summed E-state index contributed by atoms with van der Waals surface area (Å²) < 4.78 is 5.62. The van der Waals surface area contributed by atoms with Crippen molar-refractivity contribution in [3.8, 4) is 0 Å². The first-order chi connectivity index (χ1) is 24.0. The summed E-state index contributed by atoms with van der Waals surface area (Å²) in [5.41, 5.74) is 1.13. The summed E-state index contributed by atoms with van der Waals surface area (Å²) >= 11 is 0. The van der Waals surface area contributed by atoms with Gasteiger partial charge in [0.05, 0.1) is 12.4 Å². The minimum Gasteiger partial charge on any atom is -0.358 e. The van der Waals surface area contributed by atoms with Crippen molar-refractivity contribution in [2.24, 2.45) is 4.99 Å². The van der Waals surface area contributed by atoms with Crippen LogP contribution >= 0.6 is 0 Å². The molecule has 0 saturated carbocycles. The van der Waals surface area contributed by atoms with Crippen LogP contribution in [0.1, 0.15) is 75.5 Å². The lowest BCUT2D eigenvalue weighted by molar-refractivity contribution is -0.392. The van der Waals surface area contributed by atoms with Crippen molar-refractivity contribution in [3.05, 3.63) is 62.0 Å². The van der Waals surface area contributed by atoms with Crippen molar-refractivity contribution in [1.82, 2.24) is 43.4 Å². The van der Waals surface area contributed by atoms with E-state index in [4.69, 9.17) is 0 Å². The van der Waals surface area contributed by atoms with Gasteiger partial charge in [-0.05, 0) is 63.5 Å². The first-order valence-electron chi connectivity index (χ1n) is 18.0. The number of hydrogen-bond acceptors (Lipinski definition) is 11. The molecular formula is C34H56N12O4. The van der Waals surface area contributed by atoms with E-state index in [9.17, 15) is 20.2 Å². The minimum absolute atomic E-state index is 0.0371. The smallest absolute Gasteiger partial charge is 0.342 e. The van der Waals surface area contributed by atoms with Crippen molar-refractivity contribution in [1.29, 1.82) is 0 Å². The third-order valence-electron chi connectivity index (χ3n) is 10.0. The number of aliphatic imine (C=N–C) groups is 1. The Morgan fingerprint density at radius 3 is 1.48 bits per heavy atom. The third-order valence-corrected chi connectivity index (χ3v) is 10.0. The summed E-state index contributed by atoms with van der Waals surface area (Å²) in [7, 11) is 0. The Morgan fingerprint density at radius 2 is 1.06 bits per heavy atom. The topological polar surface area (TPSA) is 162 Å². The highest BCUT2D eigenvalue weighted by Gasteiger charge is 2.23. The van der Waals surface area contributed by atoms with E-state index in [1.165, 1.54) is 12.4 Å². The second-order valence-electron chi connectivity index (χ2n) is 13.5. The Morgan fingerprint density at radius 1 is 0.640 bits per heavy atom. The predicted octanol–water partition coefficient (Wildman–Crippen LogP) is 4.79. The number of aromatic nitrogens is 6. The molecule has 16 heteroatoms. The maximum Gasteiger partial charge on any atom is 0.342 e. The van der Waals surface area contributed by atoms with E-state index >= 15 is 0 Å². The molecule has 276 valence electrons. The van der Waals surface area contributed by atoms with Crippen molar-refractivity contribution in [2.75, 3.05) is 52.4 Å². The average molecular weight is 697 g/mol. The molecule has 1 aliphatic heterocycles. The third kappa shape index (κ3) is 10.7. The molecule has 0 fully saturated rings. The fraction of sp³-hybridized carbons (Fsp3) is 0.706. The standard InChI is InChI=1S/C34H56N12O4/c1-27-23-35-29(3)41(27)19-15-39(17-21-43-31(5)37-25-33(43)45(47)48)13-11-9-7-8-10-12-14-40(16-20-42-28(2)24-36-30(42)4)18-22-44-32(6)38-26-34(44)46(49)50/h23,25-26,28H,7-22,24H2,1-6H3. The second kappa shape index (κ2) is 18.7. The average Bonchev–Trinajstić information content (AvgIpc) is 3.82. The number of imidazole rings is 3. The largest absolute Gasteiger partial charge is 0.358 e. The van der Waals surface area contributed by atoms with Crippen LogP contribution in [-0.4, -0.2) is 117 Å². The van der Waals surface area contributed by atoms with E-state index in [2.05, 4.69) is 60.0 Å². The van der Waals surface area contributed by atoms with Crippen LogP contribution in [0.25, 0.3) is 0 Å². The van der Waals surface area contributed by atoms with Crippen LogP contribution in [0, 0.1) is 47.9 Å². The zero-order valence-electron chi connectivity index (χ0n) is 30.8. The van der Waals surface area contributed by atoms with Crippen LogP contribution in [0.2, 0.25) is 0 Å². The molecule has 4 heterocycles. The first-order valence-corrected chi connectivity index (χ1v) is 18.0. The van der Waals surface area contributed by atoms with Gasteiger partial charge >= 0.3 is 11.6 Å². The molecule has 50 heavy (non-hydrogen) atoms. The Balaban J connectivity index is 1.23. The summed E-state index contributed by atoms with van der Waals surface area (Å²) in [6, 6.07) is 0.400. The number of nitrogens with zero attached hydrogens (tertiary/aromatic N) is 12. The van der Waals surface area contributed by atoms with Gasteiger partial charge in [-0.1, -0.05) is 25.7 Å². The monoisotopic (exact) mass is 696 g/mol. The summed E-state index contributed by atoms with van der Waals surface area (Å²) in [4.78, 5) is 46.9. The van der Waals surface area contributed by atoms with Crippen LogP contribution < -0.4 is 0 Å². The summed E-state index contributed by atoms with van der Waals surface area (Å²) in [5.74, 6) is 3.48. The molecule has 0 spiro atoms. The molecule has 16 nitrogen and oxygen atoms in total. The Kier molecular flexibility index (Phi) is 14.5. The molecule has 0 saturated heterocycles. The Bertz CT molecular complexity index is 1560. The molecule has 3 aromatic rings. The lowest BCUT2D eigenvalue weighted by atomic mass is 10.1. The molecule has 0 radical (unpaired) electrons. The quantitative estimate of drug-likeness (QED) is 0.0765. The van der Waals surface area contributed by atoms with Crippen molar-refractivity contribution < 1.29 is 9.85 Å². The molecule has 0 aromatic carbocycles. The molecule has 0 N–H and O–H groups in total. The number of aryl methyl sites for hydroxylation is 4. The van der Waals surface area contributed by atoms with Crippen LogP contribution in [0.15, 0.2) is 23.6 Å². The van der Waals surface area contributed by atoms with E-state index in [0.717, 1.165) is 108 Å². The van der Waals surface area contributed by atoms with Crippen LogP contribution in [0.5, 0.6) is 0 Å². The highest BCUT2D eigenvalue weighted by Crippen LogP contribution is 2.17. The van der Waals surface area contributed by atoms with E-state index in [1.54, 1.807) is 9.13 Å². The van der Waals surface area contributed by atoms with Crippen molar-refractivity contribution >= 4 is 17.5 Å². The molecule has 1 atom stereocenters. The van der Waals surface area contributed by atoms with Crippen LogP contribution in [0.4, 0.5) is 11.6 Å². The number of rotatable bonds is 23. The molecule has 4 rings (SSSR count). The summed E-state index contributed by atoms with van der Waals surface area (Å²) in [5, 5.41) is 23.0. The molecule has 0 bridgehead atoms. The van der Waals surface area contributed by atoms with Gasteiger partial charge in [-0.2, -0.15) is 0 Å². The highest BCUT2D eigenvalue weighted by molar-refractivity contribution is 5.81. The van der Waals surface area contributed by atoms with Crippen LogP contribution in [0.3, 0.4) is 0 Å². The lowest BCUT2D eigenvalue weighted by Crippen LogP contribution is -2.41. The number of nitro groups is 2. The van der Waals surface area contributed by atoms with Gasteiger partial charge < -0.3 is 29.7 Å². The van der Waals surface area contributed by atoms with Crippen molar-refractivity contribution in [2.45, 2.75) is 106 Å². The molecule has 1 aliphatic rings. The highest BCUT2D eigenvalue weighted by atomic mass is 16.6. The van der Waals surface area contributed by atoms with E-state index < -0.39 is 0 Å². The zero-order valence-corrected chi connectivity index (χ0v) is 30.8. The fourth-order valence-corrected chi connectivity index (χ4v) is 6.85. The fourth-order valence-electron chi connectivity index (χ4n) is 6.85. The van der Waals surface area contributed by atoms with Gasteiger partial charge in [0.1, 0.15) is 31.3 Å². The number of amidine groups is 1. The first kappa shape index (κ1) is 38.6. The maximum atomic E-state index is 11.5. The van der Waals surface area contributed by atoms with Gasteiger partial charge in [-0.25, -0.2) is 24.1 Å². The van der Waals surface area contributed by atoms with Gasteiger partial charge in [0.25, 0.3) is 0 Å². The van der Waals surface area contributed by atoms with Gasteiger partial charge in [0.2, 0.25) is 0 Å². The zero-order chi connectivity index (χ0) is 36.2. The summed E-state index contributed by atoms with van der Waals surface area (Å²) in [6.07, 6.45) is 11.3. The normalized spacial score (nSPS) is 14.8. The predicted molar refractivity (Wildman–Crippen MR) is 194 cm³/mol. The second-order valence-corrected chi connectivity index (χ2v) is 13.5. The van der Waals surface area contributed by atoms with Gasteiger partial charge in [-0.15, -0.1) is 0 Å². The molecule has 0 aliphatic carbocycles. The van der Waals surface area contributed by atoms with Crippen molar-refractivity contribution in [3.63, 3.8) is 0 Å². The summed E-state index contributed by atoms with van der Waals surface area (Å²) in [6.45, 7) is 20.7. The Hall–Kier alpha value is -4.18. The molecule has 1 unspecified atom stereocenters. The maximum absolute atomic E-state index is 11.5. The Labute approximate surface area is 295 Å².